The molecule has 1 spiro atoms. The van der Waals surface area contributed by atoms with Crippen LogP contribution in [0.4, 0.5) is 5.69 Å². The average Bonchev–Trinajstić information content (AvgIpc) is 3.12. The Balaban J connectivity index is 1.98. The Morgan fingerprint density at radius 3 is 2.29 bits per heavy atom. The number of hydrogen-bond acceptors (Lipinski definition) is 7. The van der Waals surface area contributed by atoms with Crippen LogP contribution in [0.3, 0.4) is 0 Å². The summed E-state index contributed by atoms with van der Waals surface area (Å²) in [7, 11) is 0. The standard InChI is InChI=1S/C13H11NO7/c1-12(2)20-10(15)13(11(16)21-12)9(19-13)7-5-3-4-6-8(7)14(17)18/h3-6,9H,1-2H3. The van der Waals surface area contributed by atoms with E-state index in [1.165, 1.54) is 32.0 Å². The predicted octanol–water partition coefficient (Wildman–Crippen LogP) is 1.24. The van der Waals surface area contributed by atoms with Gasteiger partial charge in [-0.3, -0.25) is 10.1 Å². The first kappa shape index (κ1) is 13.5. The van der Waals surface area contributed by atoms with Crippen molar-refractivity contribution in [1.29, 1.82) is 0 Å². The Labute approximate surface area is 118 Å². The van der Waals surface area contributed by atoms with Crippen LogP contribution in [0, 0.1) is 10.1 Å². The Kier molecular flexibility index (Phi) is 2.58. The van der Waals surface area contributed by atoms with Gasteiger partial charge in [0, 0.05) is 19.9 Å². The molecule has 1 unspecified atom stereocenters. The first-order valence-corrected chi connectivity index (χ1v) is 6.16. The van der Waals surface area contributed by atoms with Crippen molar-refractivity contribution >= 4 is 17.6 Å². The van der Waals surface area contributed by atoms with E-state index in [0.717, 1.165) is 0 Å². The molecule has 0 aromatic heterocycles. The van der Waals surface area contributed by atoms with Crippen LogP contribution >= 0.6 is 0 Å². The number of carbonyl (C=O) groups excluding carboxylic acids is 2. The second kappa shape index (κ2) is 4.01. The van der Waals surface area contributed by atoms with Crippen molar-refractivity contribution in [3.63, 3.8) is 0 Å². The molecule has 0 N–H and O–H groups in total. The molecule has 8 heteroatoms. The monoisotopic (exact) mass is 293 g/mol. The summed E-state index contributed by atoms with van der Waals surface area (Å²) in [5.41, 5.74) is -2.03. The van der Waals surface area contributed by atoms with Crippen LogP contribution in [-0.4, -0.2) is 28.3 Å². The van der Waals surface area contributed by atoms with Crippen molar-refractivity contribution in [2.45, 2.75) is 31.3 Å². The first-order valence-electron chi connectivity index (χ1n) is 6.16. The summed E-state index contributed by atoms with van der Waals surface area (Å²) >= 11 is 0. The fourth-order valence-electron chi connectivity index (χ4n) is 2.32. The lowest BCUT2D eigenvalue weighted by Crippen LogP contribution is -2.52. The largest absolute Gasteiger partial charge is 0.420 e. The minimum atomic E-state index is -1.93. The van der Waals surface area contributed by atoms with Crippen molar-refractivity contribution in [1.82, 2.24) is 0 Å². The highest BCUT2D eigenvalue weighted by molar-refractivity contribution is 6.09. The number of para-hydroxylation sites is 1. The van der Waals surface area contributed by atoms with Gasteiger partial charge in [0.25, 0.3) is 17.1 Å². The predicted molar refractivity (Wildman–Crippen MR) is 65.9 cm³/mol. The molecule has 0 bridgehead atoms. The molecule has 2 saturated heterocycles. The summed E-state index contributed by atoms with van der Waals surface area (Å²) in [5.74, 6) is -3.17. The maximum absolute atomic E-state index is 12.1. The van der Waals surface area contributed by atoms with Gasteiger partial charge >= 0.3 is 11.9 Å². The molecule has 110 valence electrons. The van der Waals surface area contributed by atoms with Gasteiger partial charge in [-0.2, -0.15) is 0 Å². The minimum absolute atomic E-state index is 0.135. The van der Waals surface area contributed by atoms with Crippen LogP contribution in [0.2, 0.25) is 0 Å². The maximum atomic E-state index is 12.1. The van der Waals surface area contributed by atoms with E-state index in [1.807, 2.05) is 0 Å². The third kappa shape index (κ3) is 1.87. The van der Waals surface area contributed by atoms with Gasteiger partial charge in [-0.1, -0.05) is 12.1 Å². The summed E-state index contributed by atoms with van der Waals surface area (Å²) in [5, 5.41) is 11.0. The number of nitro benzene ring substituents is 1. The highest BCUT2D eigenvalue weighted by atomic mass is 16.8. The van der Waals surface area contributed by atoms with E-state index >= 15 is 0 Å². The molecule has 3 rings (SSSR count). The number of carbonyl (C=O) groups is 2. The van der Waals surface area contributed by atoms with Gasteiger partial charge in [-0.05, 0) is 6.07 Å². The lowest BCUT2D eigenvalue weighted by molar-refractivity contribution is -0.385. The fourth-order valence-corrected chi connectivity index (χ4v) is 2.32. The van der Waals surface area contributed by atoms with E-state index < -0.39 is 34.4 Å². The van der Waals surface area contributed by atoms with Gasteiger partial charge in [0.2, 0.25) is 0 Å². The van der Waals surface area contributed by atoms with E-state index in [4.69, 9.17) is 14.2 Å². The number of hydrogen-bond donors (Lipinski definition) is 0. The number of benzene rings is 1. The molecule has 2 fully saturated rings. The summed E-state index contributed by atoms with van der Waals surface area (Å²) in [6.07, 6.45) is -1.07. The molecule has 1 atom stereocenters. The van der Waals surface area contributed by atoms with Crippen molar-refractivity contribution in [2.75, 3.05) is 0 Å². The Morgan fingerprint density at radius 1 is 1.14 bits per heavy atom. The van der Waals surface area contributed by atoms with Crippen LogP contribution in [0.5, 0.6) is 0 Å². The van der Waals surface area contributed by atoms with Gasteiger partial charge in [0.15, 0.2) is 0 Å². The van der Waals surface area contributed by atoms with Gasteiger partial charge < -0.3 is 14.2 Å². The highest BCUT2D eigenvalue weighted by Gasteiger charge is 2.76. The molecule has 21 heavy (non-hydrogen) atoms. The molecule has 1 aromatic rings. The van der Waals surface area contributed by atoms with Gasteiger partial charge in [-0.15, -0.1) is 0 Å². The molecule has 0 radical (unpaired) electrons. The number of nitro groups is 1. The SMILES string of the molecule is CC1(C)OC(=O)C2(OC2c2ccccc2[N+](=O)[O-])C(=O)O1. The lowest BCUT2D eigenvalue weighted by Gasteiger charge is -2.31. The molecule has 0 amide bonds. The summed E-state index contributed by atoms with van der Waals surface area (Å²) in [6, 6.07) is 5.74. The summed E-state index contributed by atoms with van der Waals surface area (Å²) in [6.45, 7) is 2.83. The molecule has 2 aliphatic rings. The van der Waals surface area contributed by atoms with Crippen LogP contribution in [0.25, 0.3) is 0 Å². The third-order valence-corrected chi connectivity index (χ3v) is 3.32. The van der Waals surface area contributed by atoms with Gasteiger partial charge in [-0.25, -0.2) is 9.59 Å². The fraction of sp³-hybridized carbons (Fsp3) is 0.385. The zero-order chi connectivity index (χ0) is 15.4. The summed E-state index contributed by atoms with van der Waals surface area (Å²) in [4.78, 5) is 34.5. The number of cyclic esters (lactones) is 2. The maximum Gasteiger partial charge on any atom is 0.356 e. The highest BCUT2D eigenvalue weighted by Crippen LogP contribution is 2.55. The van der Waals surface area contributed by atoms with Crippen LogP contribution in [-0.2, 0) is 23.8 Å². The van der Waals surface area contributed by atoms with Crippen LogP contribution in [0.15, 0.2) is 24.3 Å². The zero-order valence-electron chi connectivity index (χ0n) is 11.2. The molecule has 0 aliphatic carbocycles. The topological polar surface area (TPSA) is 108 Å². The average molecular weight is 293 g/mol. The first-order chi connectivity index (χ1) is 9.78. The number of ether oxygens (including phenoxy) is 3. The molecular weight excluding hydrogens is 282 g/mol. The van der Waals surface area contributed by atoms with E-state index in [1.54, 1.807) is 6.07 Å². The minimum Gasteiger partial charge on any atom is -0.420 e. The van der Waals surface area contributed by atoms with Gasteiger partial charge in [0.05, 0.1) is 10.5 Å². The van der Waals surface area contributed by atoms with Crippen LogP contribution < -0.4 is 0 Å². The van der Waals surface area contributed by atoms with E-state index in [0.29, 0.717) is 0 Å². The number of nitrogens with zero attached hydrogens (tertiary/aromatic N) is 1. The number of rotatable bonds is 2. The van der Waals surface area contributed by atoms with E-state index in [2.05, 4.69) is 0 Å². The summed E-state index contributed by atoms with van der Waals surface area (Å²) < 4.78 is 15.2. The van der Waals surface area contributed by atoms with Crippen molar-refractivity contribution in [3.05, 3.63) is 39.9 Å². The lowest BCUT2D eigenvalue weighted by atomic mass is 9.97. The zero-order valence-corrected chi connectivity index (χ0v) is 11.2. The quantitative estimate of drug-likeness (QED) is 0.265. The van der Waals surface area contributed by atoms with E-state index in [-0.39, 0.29) is 11.3 Å². The molecule has 8 nitrogen and oxygen atoms in total. The third-order valence-electron chi connectivity index (χ3n) is 3.32. The number of epoxide rings is 1. The Hall–Kier alpha value is -2.48. The van der Waals surface area contributed by atoms with Crippen molar-refractivity contribution in [3.8, 4) is 0 Å². The van der Waals surface area contributed by atoms with Crippen molar-refractivity contribution < 1.29 is 28.7 Å². The molecule has 0 saturated carbocycles. The second-order valence-corrected chi connectivity index (χ2v) is 5.23. The molecule has 2 aliphatic heterocycles. The van der Waals surface area contributed by atoms with Crippen LogP contribution in [0.1, 0.15) is 25.5 Å². The van der Waals surface area contributed by atoms with E-state index in [9.17, 15) is 19.7 Å². The van der Waals surface area contributed by atoms with Gasteiger partial charge in [0.1, 0.15) is 6.10 Å². The second-order valence-electron chi connectivity index (χ2n) is 5.23. The Morgan fingerprint density at radius 2 is 1.71 bits per heavy atom. The Bertz CT molecular complexity index is 646. The smallest absolute Gasteiger partial charge is 0.356 e. The normalized spacial score (nSPS) is 25.1. The number of esters is 2. The molecule has 2 heterocycles. The molecular formula is C13H11NO7. The van der Waals surface area contributed by atoms with Crippen molar-refractivity contribution in [2.24, 2.45) is 0 Å². The molecule has 1 aromatic carbocycles.